The zero-order valence-electron chi connectivity index (χ0n) is 10.8. The summed E-state index contributed by atoms with van der Waals surface area (Å²) in [5.41, 5.74) is 1.13. The highest BCUT2D eigenvalue weighted by Gasteiger charge is 2.11. The third-order valence-corrected chi connectivity index (χ3v) is 3.22. The smallest absolute Gasteiger partial charge is 0.222 e. The molecule has 1 aliphatic heterocycles. The van der Waals surface area contributed by atoms with E-state index in [1.165, 1.54) is 0 Å². The fraction of sp³-hybridized carbons (Fsp3) is 0.286. The average Bonchev–Trinajstić information content (AvgIpc) is 2.51. The van der Waals surface area contributed by atoms with Crippen molar-refractivity contribution in [2.45, 2.75) is 0 Å². The fourth-order valence-electron chi connectivity index (χ4n) is 2.05. The predicted molar refractivity (Wildman–Crippen MR) is 76.6 cm³/mol. The summed E-state index contributed by atoms with van der Waals surface area (Å²) >= 11 is 5.65. The standard InChI is InChI=1S/C14H14ClN3O2/c15-14-16-9-13(10-17-14)20-12-3-1-2-11(8-12)18-4-6-19-7-5-18/h1-3,8-10H,4-7H2. The van der Waals surface area contributed by atoms with E-state index < -0.39 is 0 Å². The molecule has 0 amide bonds. The highest BCUT2D eigenvalue weighted by Crippen LogP contribution is 2.26. The molecule has 0 atom stereocenters. The Bertz CT molecular complexity index is 571. The van der Waals surface area contributed by atoms with Crippen LogP contribution in [0, 0.1) is 0 Å². The van der Waals surface area contributed by atoms with Gasteiger partial charge in [-0.3, -0.25) is 0 Å². The third-order valence-electron chi connectivity index (χ3n) is 3.03. The Balaban J connectivity index is 1.75. The lowest BCUT2D eigenvalue weighted by Gasteiger charge is -2.29. The van der Waals surface area contributed by atoms with E-state index in [0.717, 1.165) is 37.7 Å². The molecule has 2 aromatic rings. The Morgan fingerprint density at radius 1 is 1.10 bits per heavy atom. The van der Waals surface area contributed by atoms with Gasteiger partial charge in [0, 0.05) is 24.8 Å². The van der Waals surface area contributed by atoms with Crippen molar-refractivity contribution in [3.8, 4) is 11.5 Å². The second-order valence-corrected chi connectivity index (χ2v) is 4.72. The SMILES string of the molecule is Clc1ncc(Oc2cccc(N3CCOCC3)c2)cn1. The molecule has 1 aromatic heterocycles. The van der Waals surface area contributed by atoms with Gasteiger partial charge in [-0.2, -0.15) is 0 Å². The lowest BCUT2D eigenvalue weighted by molar-refractivity contribution is 0.122. The summed E-state index contributed by atoms with van der Waals surface area (Å²) in [6.45, 7) is 3.31. The number of nitrogens with zero attached hydrogens (tertiary/aromatic N) is 3. The first-order valence-corrected chi connectivity index (χ1v) is 6.77. The number of halogens is 1. The first kappa shape index (κ1) is 13.1. The van der Waals surface area contributed by atoms with Gasteiger partial charge in [-0.15, -0.1) is 0 Å². The van der Waals surface area contributed by atoms with E-state index in [0.29, 0.717) is 5.75 Å². The normalized spacial score (nSPS) is 15.2. The molecule has 20 heavy (non-hydrogen) atoms. The van der Waals surface area contributed by atoms with E-state index in [2.05, 4.69) is 20.9 Å². The first-order valence-electron chi connectivity index (χ1n) is 6.39. The van der Waals surface area contributed by atoms with E-state index in [1.54, 1.807) is 12.4 Å². The van der Waals surface area contributed by atoms with E-state index in [1.807, 2.05) is 18.2 Å². The number of morpholine rings is 1. The Kier molecular flexibility index (Phi) is 3.99. The second kappa shape index (κ2) is 6.07. The number of aromatic nitrogens is 2. The molecule has 3 rings (SSSR count). The van der Waals surface area contributed by atoms with Crippen molar-refractivity contribution in [2.24, 2.45) is 0 Å². The molecular weight excluding hydrogens is 278 g/mol. The lowest BCUT2D eigenvalue weighted by atomic mass is 10.2. The first-order chi connectivity index (χ1) is 9.81. The van der Waals surface area contributed by atoms with Crippen LogP contribution in [0.15, 0.2) is 36.7 Å². The number of hydrogen-bond acceptors (Lipinski definition) is 5. The van der Waals surface area contributed by atoms with Crippen LogP contribution in [-0.2, 0) is 4.74 Å². The van der Waals surface area contributed by atoms with Crippen molar-refractivity contribution >= 4 is 17.3 Å². The molecule has 1 aliphatic rings. The molecule has 0 aliphatic carbocycles. The van der Waals surface area contributed by atoms with Gasteiger partial charge in [-0.1, -0.05) is 6.07 Å². The van der Waals surface area contributed by atoms with Crippen molar-refractivity contribution in [3.05, 3.63) is 41.9 Å². The van der Waals surface area contributed by atoms with Crippen LogP contribution in [0.4, 0.5) is 5.69 Å². The van der Waals surface area contributed by atoms with E-state index >= 15 is 0 Å². The van der Waals surface area contributed by atoms with E-state index in [-0.39, 0.29) is 5.28 Å². The predicted octanol–water partition coefficient (Wildman–Crippen LogP) is 2.76. The molecule has 6 heteroatoms. The number of ether oxygens (including phenoxy) is 2. The zero-order chi connectivity index (χ0) is 13.8. The second-order valence-electron chi connectivity index (χ2n) is 4.39. The summed E-state index contributed by atoms with van der Waals surface area (Å²) in [5, 5.41) is 0.208. The Hall–Kier alpha value is -1.85. The summed E-state index contributed by atoms with van der Waals surface area (Å²) < 4.78 is 11.1. The van der Waals surface area contributed by atoms with E-state index in [9.17, 15) is 0 Å². The van der Waals surface area contributed by atoms with Crippen LogP contribution in [-0.4, -0.2) is 36.3 Å². The van der Waals surface area contributed by atoms with Crippen LogP contribution >= 0.6 is 11.6 Å². The van der Waals surface area contributed by atoms with Crippen LogP contribution in [0.5, 0.6) is 11.5 Å². The van der Waals surface area contributed by atoms with Gasteiger partial charge in [0.1, 0.15) is 5.75 Å². The Morgan fingerprint density at radius 2 is 1.85 bits per heavy atom. The summed E-state index contributed by atoms with van der Waals surface area (Å²) in [4.78, 5) is 10.1. The maximum atomic E-state index is 5.72. The molecule has 0 spiro atoms. The van der Waals surface area contributed by atoms with Gasteiger partial charge >= 0.3 is 0 Å². The minimum absolute atomic E-state index is 0.208. The number of rotatable bonds is 3. The molecular formula is C14H14ClN3O2. The van der Waals surface area contributed by atoms with Crippen molar-refractivity contribution in [3.63, 3.8) is 0 Å². The molecule has 1 saturated heterocycles. The monoisotopic (exact) mass is 291 g/mol. The minimum Gasteiger partial charge on any atom is -0.454 e. The molecule has 0 unspecified atom stereocenters. The number of benzene rings is 1. The van der Waals surface area contributed by atoms with Gasteiger partial charge < -0.3 is 14.4 Å². The van der Waals surface area contributed by atoms with Gasteiger partial charge in [0.2, 0.25) is 5.28 Å². The van der Waals surface area contributed by atoms with Crippen LogP contribution < -0.4 is 9.64 Å². The van der Waals surface area contributed by atoms with Crippen LogP contribution in [0.25, 0.3) is 0 Å². The fourth-order valence-corrected chi connectivity index (χ4v) is 2.15. The highest BCUT2D eigenvalue weighted by atomic mass is 35.5. The average molecular weight is 292 g/mol. The van der Waals surface area contributed by atoms with Gasteiger partial charge in [0.15, 0.2) is 5.75 Å². The number of hydrogen-bond donors (Lipinski definition) is 0. The third kappa shape index (κ3) is 3.18. The number of anilines is 1. The molecule has 0 radical (unpaired) electrons. The molecule has 1 fully saturated rings. The van der Waals surface area contributed by atoms with Crippen molar-refractivity contribution in [1.82, 2.24) is 9.97 Å². The summed E-state index contributed by atoms with van der Waals surface area (Å²) in [5.74, 6) is 1.31. The lowest BCUT2D eigenvalue weighted by Crippen LogP contribution is -2.36. The molecule has 5 nitrogen and oxygen atoms in total. The van der Waals surface area contributed by atoms with Crippen LogP contribution in [0.2, 0.25) is 5.28 Å². The molecule has 1 aromatic carbocycles. The molecule has 0 saturated carbocycles. The van der Waals surface area contributed by atoms with Crippen molar-refractivity contribution in [2.75, 3.05) is 31.2 Å². The van der Waals surface area contributed by atoms with Gasteiger partial charge in [-0.05, 0) is 23.7 Å². The summed E-state index contributed by atoms with van der Waals surface area (Å²) in [6, 6.07) is 7.94. The Labute approximate surface area is 122 Å². The summed E-state index contributed by atoms with van der Waals surface area (Å²) in [6.07, 6.45) is 3.10. The largest absolute Gasteiger partial charge is 0.454 e. The van der Waals surface area contributed by atoms with E-state index in [4.69, 9.17) is 21.1 Å². The Morgan fingerprint density at radius 3 is 2.60 bits per heavy atom. The zero-order valence-corrected chi connectivity index (χ0v) is 11.6. The van der Waals surface area contributed by atoms with Crippen molar-refractivity contribution in [1.29, 1.82) is 0 Å². The van der Waals surface area contributed by atoms with Crippen LogP contribution in [0.3, 0.4) is 0 Å². The highest BCUT2D eigenvalue weighted by molar-refractivity contribution is 6.28. The summed E-state index contributed by atoms with van der Waals surface area (Å²) in [7, 11) is 0. The molecule has 104 valence electrons. The quantitative estimate of drug-likeness (QED) is 0.814. The molecule has 0 bridgehead atoms. The minimum atomic E-state index is 0.208. The topological polar surface area (TPSA) is 47.5 Å². The van der Waals surface area contributed by atoms with Gasteiger partial charge in [-0.25, -0.2) is 9.97 Å². The maximum Gasteiger partial charge on any atom is 0.222 e. The van der Waals surface area contributed by atoms with Gasteiger partial charge in [0.05, 0.1) is 25.6 Å². The van der Waals surface area contributed by atoms with Crippen molar-refractivity contribution < 1.29 is 9.47 Å². The molecule has 2 heterocycles. The maximum absolute atomic E-state index is 5.72. The van der Waals surface area contributed by atoms with Crippen LogP contribution in [0.1, 0.15) is 0 Å². The molecule has 0 N–H and O–H groups in total. The van der Waals surface area contributed by atoms with Gasteiger partial charge in [0.25, 0.3) is 0 Å².